The third-order valence-electron chi connectivity index (χ3n) is 5.11. The first-order valence-electron chi connectivity index (χ1n) is 10.0. The molecule has 2 saturated heterocycles. The Hall–Kier alpha value is -1.47. The molecule has 0 aliphatic carbocycles. The van der Waals surface area contributed by atoms with Crippen molar-refractivity contribution in [2.24, 2.45) is 4.99 Å². The summed E-state index contributed by atoms with van der Waals surface area (Å²) in [5, 5.41) is 3.48. The maximum absolute atomic E-state index is 4.94. The van der Waals surface area contributed by atoms with Crippen molar-refractivity contribution < 1.29 is 0 Å². The van der Waals surface area contributed by atoms with Crippen LogP contribution in [-0.4, -0.2) is 84.1 Å². The van der Waals surface area contributed by atoms with E-state index >= 15 is 0 Å². The number of nitrogens with one attached hydrogen (secondary N) is 1. The molecule has 0 bridgehead atoms. The molecule has 150 valence electrons. The predicted octanol–water partition coefficient (Wildman–Crippen LogP) is 2.13. The molecule has 0 radical (unpaired) electrons. The standard InChI is InChI=1S/C20H34N6S/c1-5-21-19(26-12-13-27-20(2,3)16-26)23-15-17-6-7-22-18(14-17)25-10-8-24(4)9-11-25/h6-7,14H,5,8-13,15-16H2,1-4H3,(H,21,23). The van der Waals surface area contributed by atoms with Gasteiger partial charge >= 0.3 is 0 Å². The molecule has 0 amide bonds. The lowest BCUT2D eigenvalue weighted by Gasteiger charge is -2.39. The lowest BCUT2D eigenvalue weighted by Crippen LogP contribution is -2.50. The highest BCUT2D eigenvalue weighted by Gasteiger charge is 2.28. The lowest BCUT2D eigenvalue weighted by atomic mass is 10.2. The van der Waals surface area contributed by atoms with Crippen molar-refractivity contribution in [2.75, 3.05) is 63.5 Å². The van der Waals surface area contributed by atoms with E-state index in [0.29, 0.717) is 6.54 Å². The van der Waals surface area contributed by atoms with E-state index in [-0.39, 0.29) is 4.75 Å². The van der Waals surface area contributed by atoms with Crippen LogP contribution in [-0.2, 0) is 6.54 Å². The molecule has 0 aromatic carbocycles. The second-order valence-corrected chi connectivity index (χ2v) is 9.81. The Morgan fingerprint density at radius 1 is 1.26 bits per heavy atom. The summed E-state index contributed by atoms with van der Waals surface area (Å²) in [5.41, 5.74) is 1.22. The third kappa shape index (κ3) is 5.75. The Labute approximate surface area is 168 Å². The number of hydrogen-bond donors (Lipinski definition) is 1. The van der Waals surface area contributed by atoms with Gasteiger partial charge in [-0.25, -0.2) is 9.98 Å². The molecule has 27 heavy (non-hydrogen) atoms. The lowest BCUT2D eigenvalue weighted by molar-refractivity contribution is 0.312. The van der Waals surface area contributed by atoms with Gasteiger partial charge in [0.25, 0.3) is 0 Å². The number of thioether (sulfide) groups is 1. The quantitative estimate of drug-likeness (QED) is 0.628. The van der Waals surface area contributed by atoms with Gasteiger partial charge in [0.05, 0.1) is 6.54 Å². The molecule has 1 N–H and O–H groups in total. The second-order valence-electron chi connectivity index (χ2n) is 8.01. The fourth-order valence-electron chi connectivity index (χ4n) is 3.56. The van der Waals surface area contributed by atoms with Crippen LogP contribution in [0, 0.1) is 0 Å². The summed E-state index contributed by atoms with van der Waals surface area (Å²) >= 11 is 2.05. The number of anilines is 1. The number of piperazine rings is 1. The molecule has 0 spiro atoms. The summed E-state index contributed by atoms with van der Waals surface area (Å²) in [6.07, 6.45) is 1.92. The number of likely N-dealkylation sites (N-methyl/N-ethyl adjacent to an activating group) is 1. The molecule has 6 nitrogen and oxygen atoms in total. The number of hydrogen-bond acceptors (Lipinski definition) is 5. The van der Waals surface area contributed by atoms with Gasteiger partial charge in [0.2, 0.25) is 0 Å². The maximum Gasteiger partial charge on any atom is 0.194 e. The zero-order valence-electron chi connectivity index (χ0n) is 17.2. The highest BCUT2D eigenvalue weighted by atomic mass is 32.2. The number of aliphatic imine (C=N–C) groups is 1. The van der Waals surface area contributed by atoms with Crippen LogP contribution in [0.4, 0.5) is 5.82 Å². The van der Waals surface area contributed by atoms with E-state index in [1.54, 1.807) is 0 Å². The van der Waals surface area contributed by atoms with Crippen LogP contribution in [0.5, 0.6) is 0 Å². The summed E-state index contributed by atoms with van der Waals surface area (Å²) in [6.45, 7) is 14.7. The summed E-state index contributed by atoms with van der Waals surface area (Å²) in [4.78, 5) is 16.7. The maximum atomic E-state index is 4.94. The zero-order chi connectivity index (χ0) is 19.3. The van der Waals surface area contributed by atoms with E-state index in [9.17, 15) is 0 Å². The number of guanidine groups is 1. The van der Waals surface area contributed by atoms with Crippen molar-refractivity contribution in [2.45, 2.75) is 32.1 Å². The van der Waals surface area contributed by atoms with E-state index in [4.69, 9.17) is 4.99 Å². The van der Waals surface area contributed by atoms with Crippen LogP contribution in [0.2, 0.25) is 0 Å². The molecule has 7 heteroatoms. The molecule has 3 rings (SSSR count). The van der Waals surface area contributed by atoms with Gasteiger partial charge in [-0.3, -0.25) is 0 Å². The first-order chi connectivity index (χ1) is 13.0. The molecule has 2 aliphatic rings. The van der Waals surface area contributed by atoms with Crippen LogP contribution < -0.4 is 10.2 Å². The molecular formula is C20H34N6S. The van der Waals surface area contributed by atoms with Gasteiger partial charge in [-0.2, -0.15) is 11.8 Å². The molecule has 2 aliphatic heterocycles. The Bertz CT molecular complexity index is 639. The summed E-state index contributed by atoms with van der Waals surface area (Å²) < 4.78 is 0.277. The minimum Gasteiger partial charge on any atom is -0.357 e. The molecule has 3 heterocycles. The van der Waals surface area contributed by atoms with Gasteiger partial charge in [0.15, 0.2) is 5.96 Å². The second kappa shape index (κ2) is 9.15. The van der Waals surface area contributed by atoms with Crippen LogP contribution in [0.25, 0.3) is 0 Å². The number of aromatic nitrogens is 1. The van der Waals surface area contributed by atoms with E-state index in [1.165, 1.54) is 5.56 Å². The summed E-state index contributed by atoms with van der Waals surface area (Å²) in [6, 6.07) is 4.29. The third-order valence-corrected chi connectivity index (χ3v) is 6.41. The largest absolute Gasteiger partial charge is 0.357 e. The van der Waals surface area contributed by atoms with Crippen molar-refractivity contribution in [3.63, 3.8) is 0 Å². The molecular weight excluding hydrogens is 356 g/mol. The first kappa shape index (κ1) is 20.3. The molecule has 1 aromatic heterocycles. The summed E-state index contributed by atoms with van der Waals surface area (Å²) in [5.74, 6) is 3.26. The Kier molecular flexibility index (Phi) is 6.87. The SMILES string of the molecule is CCNC(=NCc1ccnc(N2CCN(C)CC2)c1)N1CCSC(C)(C)C1. The van der Waals surface area contributed by atoms with Gasteiger partial charge in [-0.05, 0) is 45.5 Å². The normalized spacial score (nSPS) is 21.4. The Morgan fingerprint density at radius 2 is 2.04 bits per heavy atom. The fourth-order valence-corrected chi connectivity index (χ4v) is 4.67. The van der Waals surface area contributed by atoms with E-state index in [0.717, 1.165) is 63.3 Å². The minimum atomic E-state index is 0.277. The monoisotopic (exact) mass is 390 g/mol. The molecule has 0 atom stereocenters. The van der Waals surface area contributed by atoms with Crippen molar-refractivity contribution in [3.8, 4) is 0 Å². The van der Waals surface area contributed by atoms with E-state index in [2.05, 4.69) is 76.7 Å². The van der Waals surface area contributed by atoms with Crippen LogP contribution in [0.3, 0.4) is 0 Å². The van der Waals surface area contributed by atoms with E-state index < -0.39 is 0 Å². The Balaban J connectivity index is 1.68. The van der Waals surface area contributed by atoms with Gasteiger partial charge in [0, 0.05) is 62.5 Å². The molecule has 0 unspecified atom stereocenters. The van der Waals surface area contributed by atoms with Gasteiger partial charge < -0.3 is 20.0 Å². The van der Waals surface area contributed by atoms with Crippen molar-refractivity contribution in [1.29, 1.82) is 0 Å². The highest BCUT2D eigenvalue weighted by molar-refractivity contribution is 8.00. The Morgan fingerprint density at radius 3 is 2.74 bits per heavy atom. The van der Waals surface area contributed by atoms with Crippen molar-refractivity contribution in [1.82, 2.24) is 20.1 Å². The topological polar surface area (TPSA) is 47.0 Å². The molecule has 1 aromatic rings. The van der Waals surface area contributed by atoms with Crippen LogP contribution in [0.15, 0.2) is 23.3 Å². The average Bonchev–Trinajstić information content (AvgIpc) is 2.65. The minimum absolute atomic E-state index is 0.277. The van der Waals surface area contributed by atoms with Crippen molar-refractivity contribution in [3.05, 3.63) is 23.9 Å². The number of nitrogens with zero attached hydrogens (tertiary/aromatic N) is 5. The average molecular weight is 391 g/mol. The number of pyridine rings is 1. The molecule has 2 fully saturated rings. The smallest absolute Gasteiger partial charge is 0.194 e. The van der Waals surface area contributed by atoms with Gasteiger partial charge in [-0.1, -0.05) is 0 Å². The zero-order valence-corrected chi connectivity index (χ0v) is 18.1. The predicted molar refractivity (Wildman–Crippen MR) is 117 cm³/mol. The first-order valence-corrected chi connectivity index (χ1v) is 11.0. The van der Waals surface area contributed by atoms with Crippen molar-refractivity contribution >= 4 is 23.5 Å². The summed E-state index contributed by atoms with van der Waals surface area (Å²) in [7, 11) is 2.18. The van der Waals surface area contributed by atoms with E-state index in [1.807, 2.05) is 6.20 Å². The van der Waals surface area contributed by atoms with Gasteiger partial charge in [-0.15, -0.1) is 0 Å². The highest BCUT2D eigenvalue weighted by Crippen LogP contribution is 2.29. The fraction of sp³-hybridized carbons (Fsp3) is 0.700. The van der Waals surface area contributed by atoms with Crippen LogP contribution >= 0.6 is 11.8 Å². The van der Waals surface area contributed by atoms with Crippen LogP contribution in [0.1, 0.15) is 26.3 Å². The van der Waals surface area contributed by atoms with Gasteiger partial charge in [0.1, 0.15) is 5.82 Å². The molecule has 0 saturated carbocycles. The number of rotatable bonds is 4.